The minimum atomic E-state index is -0.282. The summed E-state index contributed by atoms with van der Waals surface area (Å²) in [7, 11) is 0. The number of rotatable bonds is 4. The minimum absolute atomic E-state index is 0.282. The number of hydrogen-bond donors (Lipinski definition) is 2. The second-order valence-electron chi connectivity index (χ2n) is 6.09. The van der Waals surface area contributed by atoms with Gasteiger partial charge in [0.05, 0.1) is 0 Å². The number of carbonyl (C=O) groups excluding carboxylic acids is 1. The van der Waals surface area contributed by atoms with Crippen LogP contribution in [-0.4, -0.2) is 15.9 Å². The predicted molar refractivity (Wildman–Crippen MR) is 105 cm³/mol. The molecule has 26 heavy (non-hydrogen) atoms. The van der Waals surface area contributed by atoms with Gasteiger partial charge >= 0.3 is 0 Å². The molecule has 0 atom stereocenters. The topological polar surface area (TPSA) is 66.9 Å². The van der Waals surface area contributed by atoms with Gasteiger partial charge in [0.15, 0.2) is 0 Å². The fraction of sp³-hybridized carbons (Fsp3) is 0.150. The SMILES string of the molecule is Cc1ccc(NC(=O)c2cc(Nc3ccc(Cl)cc3C)nc(C)n2)cc1. The molecule has 2 N–H and O–H groups in total. The largest absolute Gasteiger partial charge is 0.340 e. The summed E-state index contributed by atoms with van der Waals surface area (Å²) in [6.07, 6.45) is 0. The van der Waals surface area contributed by atoms with E-state index < -0.39 is 0 Å². The van der Waals surface area contributed by atoms with Gasteiger partial charge in [0.1, 0.15) is 17.3 Å². The molecule has 2 aromatic carbocycles. The summed E-state index contributed by atoms with van der Waals surface area (Å²) in [5.74, 6) is 0.780. The fourth-order valence-corrected chi connectivity index (χ4v) is 2.71. The number of nitrogens with one attached hydrogen (secondary N) is 2. The highest BCUT2D eigenvalue weighted by atomic mass is 35.5. The van der Waals surface area contributed by atoms with Gasteiger partial charge in [0.2, 0.25) is 0 Å². The molecule has 0 spiro atoms. The Bertz CT molecular complexity index is 955. The molecular formula is C20H19ClN4O. The van der Waals surface area contributed by atoms with Crippen LogP contribution in [0.4, 0.5) is 17.2 Å². The average molecular weight is 367 g/mol. The van der Waals surface area contributed by atoms with Crippen molar-refractivity contribution >= 4 is 34.7 Å². The summed E-state index contributed by atoms with van der Waals surface area (Å²) in [5, 5.41) is 6.74. The molecule has 3 aromatic rings. The van der Waals surface area contributed by atoms with Gasteiger partial charge in [-0.15, -0.1) is 0 Å². The Balaban J connectivity index is 1.82. The number of halogens is 1. The van der Waals surface area contributed by atoms with Crippen LogP contribution < -0.4 is 10.6 Å². The number of aryl methyl sites for hydroxylation is 3. The first-order valence-electron chi connectivity index (χ1n) is 8.17. The van der Waals surface area contributed by atoms with Gasteiger partial charge < -0.3 is 10.6 Å². The van der Waals surface area contributed by atoms with Crippen LogP contribution in [0.3, 0.4) is 0 Å². The monoisotopic (exact) mass is 366 g/mol. The Morgan fingerprint density at radius 1 is 0.962 bits per heavy atom. The van der Waals surface area contributed by atoms with Crippen LogP contribution in [0.5, 0.6) is 0 Å². The van der Waals surface area contributed by atoms with Crippen LogP contribution in [0.2, 0.25) is 5.02 Å². The van der Waals surface area contributed by atoms with Crippen molar-refractivity contribution in [1.29, 1.82) is 0 Å². The van der Waals surface area contributed by atoms with E-state index in [2.05, 4.69) is 20.6 Å². The molecule has 1 amide bonds. The molecule has 132 valence electrons. The van der Waals surface area contributed by atoms with Gasteiger partial charge in [-0.05, 0) is 56.7 Å². The third-order valence-corrected chi connectivity index (χ3v) is 4.07. The third kappa shape index (κ3) is 4.37. The van der Waals surface area contributed by atoms with E-state index in [0.717, 1.165) is 22.5 Å². The van der Waals surface area contributed by atoms with E-state index in [1.54, 1.807) is 19.1 Å². The Kier molecular flexibility index (Phi) is 5.19. The average Bonchev–Trinajstić information content (AvgIpc) is 2.59. The zero-order chi connectivity index (χ0) is 18.7. The molecule has 5 nitrogen and oxygen atoms in total. The standard InChI is InChI=1S/C20H19ClN4O/c1-12-4-7-16(8-5-12)24-20(26)18-11-19(23-14(3)22-18)25-17-9-6-15(21)10-13(17)2/h4-11H,1-3H3,(H,24,26)(H,22,23,25). The van der Waals surface area contributed by atoms with Crippen LogP contribution in [-0.2, 0) is 0 Å². The summed E-state index contributed by atoms with van der Waals surface area (Å²) >= 11 is 5.99. The van der Waals surface area contributed by atoms with Crippen LogP contribution in [0, 0.1) is 20.8 Å². The summed E-state index contributed by atoms with van der Waals surface area (Å²) in [5.41, 5.74) is 4.01. The molecule has 0 radical (unpaired) electrons. The van der Waals surface area contributed by atoms with Crippen molar-refractivity contribution < 1.29 is 4.79 Å². The number of aromatic nitrogens is 2. The van der Waals surface area contributed by atoms with E-state index in [9.17, 15) is 4.79 Å². The quantitative estimate of drug-likeness (QED) is 0.678. The number of carbonyl (C=O) groups is 1. The van der Waals surface area contributed by atoms with E-state index >= 15 is 0 Å². The van der Waals surface area contributed by atoms with Crippen molar-refractivity contribution in [2.75, 3.05) is 10.6 Å². The molecule has 1 aromatic heterocycles. The molecular weight excluding hydrogens is 348 g/mol. The van der Waals surface area contributed by atoms with Crippen molar-refractivity contribution in [3.05, 3.63) is 76.2 Å². The molecule has 6 heteroatoms. The number of benzene rings is 2. The molecule has 0 aliphatic carbocycles. The van der Waals surface area contributed by atoms with E-state index in [-0.39, 0.29) is 5.91 Å². The van der Waals surface area contributed by atoms with Crippen molar-refractivity contribution in [3.8, 4) is 0 Å². The van der Waals surface area contributed by atoms with Gasteiger partial charge in [-0.3, -0.25) is 4.79 Å². The summed E-state index contributed by atoms with van der Waals surface area (Å²) in [6, 6.07) is 14.8. The molecule has 0 aliphatic rings. The molecule has 0 saturated heterocycles. The van der Waals surface area contributed by atoms with E-state index in [1.807, 2.05) is 50.2 Å². The Hall–Kier alpha value is -2.92. The Labute approximate surface area is 157 Å². The maximum atomic E-state index is 12.5. The van der Waals surface area contributed by atoms with Crippen molar-refractivity contribution in [3.63, 3.8) is 0 Å². The zero-order valence-electron chi connectivity index (χ0n) is 14.8. The Morgan fingerprint density at radius 3 is 2.38 bits per heavy atom. The maximum Gasteiger partial charge on any atom is 0.274 e. The summed E-state index contributed by atoms with van der Waals surface area (Å²) in [4.78, 5) is 21.1. The van der Waals surface area contributed by atoms with Crippen molar-refractivity contribution in [2.24, 2.45) is 0 Å². The lowest BCUT2D eigenvalue weighted by Crippen LogP contribution is -2.15. The molecule has 0 bridgehead atoms. The highest BCUT2D eigenvalue weighted by Crippen LogP contribution is 2.23. The number of amides is 1. The highest BCUT2D eigenvalue weighted by molar-refractivity contribution is 6.30. The maximum absolute atomic E-state index is 12.5. The van der Waals surface area contributed by atoms with Gasteiger partial charge in [0, 0.05) is 22.5 Å². The fourth-order valence-electron chi connectivity index (χ4n) is 2.49. The van der Waals surface area contributed by atoms with Crippen LogP contribution >= 0.6 is 11.6 Å². The first-order valence-corrected chi connectivity index (χ1v) is 8.55. The smallest absolute Gasteiger partial charge is 0.274 e. The van der Waals surface area contributed by atoms with E-state index in [4.69, 9.17) is 11.6 Å². The second-order valence-corrected chi connectivity index (χ2v) is 6.53. The summed E-state index contributed by atoms with van der Waals surface area (Å²) < 4.78 is 0. The van der Waals surface area contributed by atoms with Crippen LogP contribution in [0.25, 0.3) is 0 Å². The highest BCUT2D eigenvalue weighted by Gasteiger charge is 2.12. The minimum Gasteiger partial charge on any atom is -0.340 e. The zero-order valence-corrected chi connectivity index (χ0v) is 15.6. The third-order valence-electron chi connectivity index (χ3n) is 3.83. The lowest BCUT2D eigenvalue weighted by Gasteiger charge is -2.11. The van der Waals surface area contributed by atoms with Crippen LogP contribution in [0.1, 0.15) is 27.4 Å². The molecule has 0 unspecified atom stereocenters. The lowest BCUT2D eigenvalue weighted by atomic mass is 10.2. The van der Waals surface area contributed by atoms with E-state index in [0.29, 0.717) is 22.4 Å². The number of anilines is 3. The predicted octanol–water partition coefficient (Wildman–Crippen LogP) is 5.05. The first-order chi connectivity index (χ1) is 12.4. The normalized spacial score (nSPS) is 10.5. The Morgan fingerprint density at radius 2 is 1.69 bits per heavy atom. The van der Waals surface area contributed by atoms with Gasteiger partial charge in [-0.1, -0.05) is 29.3 Å². The number of nitrogens with zero attached hydrogens (tertiary/aromatic N) is 2. The lowest BCUT2D eigenvalue weighted by molar-refractivity contribution is 0.102. The van der Waals surface area contributed by atoms with Crippen molar-refractivity contribution in [1.82, 2.24) is 9.97 Å². The first kappa shape index (κ1) is 17.9. The molecule has 0 saturated carbocycles. The molecule has 1 heterocycles. The molecule has 3 rings (SSSR count). The van der Waals surface area contributed by atoms with Gasteiger partial charge in [-0.25, -0.2) is 9.97 Å². The van der Waals surface area contributed by atoms with Crippen molar-refractivity contribution in [2.45, 2.75) is 20.8 Å². The van der Waals surface area contributed by atoms with Crippen LogP contribution in [0.15, 0.2) is 48.5 Å². The second kappa shape index (κ2) is 7.54. The summed E-state index contributed by atoms with van der Waals surface area (Å²) in [6.45, 7) is 5.70. The molecule has 0 aliphatic heterocycles. The number of hydrogen-bond acceptors (Lipinski definition) is 4. The molecule has 0 fully saturated rings. The van der Waals surface area contributed by atoms with Gasteiger partial charge in [0.25, 0.3) is 5.91 Å². The van der Waals surface area contributed by atoms with E-state index in [1.165, 1.54) is 0 Å². The van der Waals surface area contributed by atoms with Gasteiger partial charge in [-0.2, -0.15) is 0 Å².